The highest BCUT2D eigenvalue weighted by atomic mass is 19.1. The van der Waals surface area contributed by atoms with Crippen LogP contribution in [0.15, 0.2) is 42.5 Å². The maximum atomic E-state index is 13.8. The van der Waals surface area contributed by atoms with Crippen molar-refractivity contribution in [2.45, 2.75) is 19.8 Å². The number of benzene rings is 2. The SMILES string of the molecule is CC(C)c1ccc(N(C(N)=O)C(=O)c2c(F)cccc2F)cc1. The molecule has 0 fully saturated rings. The number of urea groups is 1. The lowest BCUT2D eigenvalue weighted by Gasteiger charge is -2.20. The van der Waals surface area contributed by atoms with Crippen molar-refractivity contribution in [3.05, 3.63) is 65.2 Å². The van der Waals surface area contributed by atoms with Crippen molar-refractivity contribution in [3.8, 4) is 0 Å². The second kappa shape index (κ2) is 6.56. The number of carbonyl (C=O) groups excluding carboxylic acids is 2. The van der Waals surface area contributed by atoms with Crippen LogP contribution in [0.4, 0.5) is 19.3 Å². The zero-order valence-corrected chi connectivity index (χ0v) is 12.7. The number of amides is 3. The normalized spacial score (nSPS) is 10.7. The summed E-state index contributed by atoms with van der Waals surface area (Å²) in [4.78, 5) is 24.6. The lowest BCUT2D eigenvalue weighted by Crippen LogP contribution is -2.41. The fourth-order valence-corrected chi connectivity index (χ4v) is 2.17. The third-order valence-electron chi connectivity index (χ3n) is 3.42. The summed E-state index contributed by atoms with van der Waals surface area (Å²) in [5, 5.41) is 0. The van der Waals surface area contributed by atoms with Crippen molar-refractivity contribution >= 4 is 17.6 Å². The molecule has 2 rings (SSSR count). The smallest absolute Gasteiger partial charge is 0.326 e. The van der Waals surface area contributed by atoms with E-state index in [0.29, 0.717) is 4.90 Å². The molecule has 0 unspecified atom stereocenters. The second-order valence-electron chi connectivity index (χ2n) is 5.32. The Kier molecular flexibility index (Phi) is 4.74. The molecule has 2 aromatic carbocycles. The minimum atomic E-state index is -1.15. The van der Waals surface area contributed by atoms with Crippen molar-refractivity contribution in [2.75, 3.05) is 4.90 Å². The molecule has 0 heterocycles. The van der Waals surface area contributed by atoms with Crippen LogP contribution in [0.1, 0.15) is 35.7 Å². The summed E-state index contributed by atoms with van der Waals surface area (Å²) in [6, 6.07) is 8.37. The molecule has 2 aromatic rings. The monoisotopic (exact) mass is 318 g/mol. The lowest BCUT2D eigenvalue weighted by atomic mass is 10.0. The molecule has 0 aliphatic carbocycles. The number of anilines is 1. The van der Waals surface area contributed by atoms with Gasteiger partial charge in [-0.3, -0.25) is 4.79 Å². The molecule has 120 valence electrons. The molecule has 0 radical (unpaired) electrons. The summed E-state index contributed by atoms with van der Waals surface area (Å²) in [6.07, 6.45) is 0. The summed E-state index contributed by atoms with van der Waals surface area (Å²) in [5.41, 5.74) is 5.54. The summed E-state index contributed by atoms with van der Waals surface area (Å²) in [5.74, 6) is -3.00. The number of nitrogens with zero attached hydrogens (tertiary/aromatic N) is 1. The van der Waals surface area contributed by atoms with E-state index < -0.39 is 29.1 Å². The van der Waals surface area contributed by atoms with E-state index in [-0.39, 0.29) is 11.6 Å². The first kappa shape index (κ1) is 16.6. The van der Waals surface area contributed by atoms with Crippen LogP contribution in [0.3, 0.4) is 0 Å². The van der Waals surface area contributed by atoms with Gasteiger partial charge in [0.1, 0.15) is 17.2 Å². The summed E-state index contributed by atoms with van der Waals surface area (Å²) in [6.45, 7) is 3.97. The Morgan fingerprint density at radius 1 is 1.00 bits per heavy atom. The third-order valence-corrected chi connectivity index (χ3v) is 3.42. The Bertz CT molecular complexity index is 723. The van der Waals surface area contributed by atoms with E-state index in [1.165, 1.54) is 12.1 Å². The van der Waals surface area contributed by atoms with E-state index in [0.717, 1.165) is 23.8 Å². The summed E-state index contributed by atoms with van der Waals surface area (Å²) < 4.78 is 27.5. The molecule has 0 saturated carbocycles. The molecule has 4 nitrogen and oxygen atoms in total. The van der Waals surface area contributed by atoms with Gasteiger partial charge in [-0.15, -0.1) is 0 Å². The Morgan fingerprint density at radius 2 is 1.52 bits per heavy atom. The van der Waals surface area contributed by atoms with E-state index in [4.69, 9.17) is 5.73 Å². The van der Waals surface area contributed by atoms with Gasteiger partial charge in [-0.1, -0.05) is 32.0 Å². The molecular weight excluding hydrogens is 302 g/mol. The highest BCUT2D eigenvalue weighted by molar-refractivity contribution is 6.20. The fourth-order valence-electron chi connectivity index (χ4n) is 2.17. The van der Waals surface area contributed by atoms with Gasteiger partial charge in [0.25, 0.3) is 5.91 Å². The van der Waals surface area contributed by atoms with Gasteiger partial charge in [0, 0.05) is 0 Å². The third kappa shape index (κ3) is 3.36. The average molecular weight is 318 g/mol. The molecule has 0 aromatic heterocycles. The number of carbonyl (C=O) groups is 2. The molecule has 2 N–H and O–H groups in total. The minimum absolute atomic E-state index is 0.148. The van der Waals surface area contributed by atoms with Gasteiger partial charge in [-0.25, -0.2) is 18.5 Å². The zero-order valence-electron chi connectivity index (χ0n) is 12.7. The first-order valence-corrected chi connectivity index (χ1v) is 7.00. The molecule has 0 spiro atoms. The highest BCUT2D eigenvalue weighted by Gasteiger charge is 2.27. The van der Waals surface area contributed by atoms with Crippen molar-refractivity contribution < 1.29 is 18.4 Å². The van der Waals surface area contributed by atoms with Crippen molar-refractivity contribution in [1.29, 1.82) is 0 Å². The first-order chi connectivity index (χ1) is 10.8. The Labute approximate surface area is 132 Å². The van der Waals surface area contributed by atoms with Gasteiger partial charge in [-0.2, -0.15) is 0 Å². The van der Waals surface area contributed by atoms with Gasteiger partial charge in [0.2, 0.25) is 0 Å². The van der Waals surface area contributed by atoms with Crippen LogP contribution < -0.4 is 10.6 Å². The predicted octanol–water partition coefficient (Wildman–Crippen LogP) is 3.81. The van der Waals surface area contributed by atoms with Crippen molar-refractivity contribution in [2.24, 2.45) is 5.73 Å². The van der Waals surface area contributed by atoms with Crippen LogP contribution >= 0.6 is 0 Å². The molecule has 6 heteroatoms. The number of nitrogens with two attached hydrogens (primary N) is 1. The largest absolute Gasteiger partial charge is 0.351 e. The van der Waals surface area contributed by atoms with Crippen molar-refractivity contribution in [1.82, 2.24) is 0 Å². The van der Waals surface area contributed by atoms with Gasteiger partial charge < -0.3 is 5.73 Å². The molecule has 3 amide bonds. The average Bonchev–Trinajstić information content (AvgIpc) is 2.47. The predicted molar refractivity (Wildman–Crippen MR) is 83.3 cm³/mol. The number of primary amides is 1. The highest BCUT2D eigenvalue weighted by Crippen LogP contribution is 2.23. The zero-order chi connectivity index (χ0) is 17.1. The van der Waals surface area contributed by atoms with Gasteiger partial charge in [0.15, 0.2) is 0 Å². The molecule has 23 heavy (non-hydrogen) atoms. The minimum Gasteiger partial charge on any atom is -0.351 e. The molecule has 0 aliphatic heterocycles. The number of halogens is 2. The molecule has 0 bridgehead atoms. The maximum absolute atomic E-state index is 13.8. The van der Waals surface area contributed by atoms with E-state index in [1.54, 1.807) is 12.1 Å². The van der Waals surface area contributed by atoms with E-state index >= 15 is 0 Å². The lowest BCUT2D eigenvalue weighted by molar-refractivity contribution is 0.0987. The van der Waals surface area contributed by atoms with Crippen LogP contribution in [0.25, 0.3) is 0 Å². The van der Waals surface area contributed by atoms with Crippen LogP contribution in [0, 0.1) is 11.6 Å². The number of hydrogen-bond donors (Lipinski definition) is 1. The topological polar surface area (TPSA) is 63.4 Å². The van der Waals surface area contributed by atoms with E-state index in [2.05, 4.69) is 0 Å². The number of hydrogen-bond acceptors (Lipinski definition) is 2. The standard InChI is InChI=1S/C17H16F2N2O2/c1-10(2)11-6-8-12(9-7-11)21(17(20)23)16(22)15-13(18)4-3-5-14(15)19/h3-10H,1-2H3,(H2,20,23). The second-order valence-corrected chi connectivity index (χ2v) is 5.32. The quantitative estimate of drug-likeness (QED) is 0.935. The first-order valence-electron chi connectivity index (χ1n) is 7.00. The van der Waals surface area contributed by atoms with Crippen LogP contribution in [-0.2, 0) is 0 Å². The molecule has 0 aliphatic rings. The van der Waals surface area contributed by atoms with E-state index in [1.807, 2.05) is 13.8 Å². The summed E-state index contributed by atoms with van der Waals surface area (Å²) >= 11 is 0. The van der Waals surface area contributed by atoms with Gasteiger partial charge in [-0.05, 0) is 35.7 Å². The van der Waals surface area contributed by atoms with Crippen LogP contribution in [0.5, 0.6) is 0 Å². The van der Waals surface area contributed by atoms with Gasteiger partial charge >= 0.3 is 6.03 Å². The maximum Gasteiger partial charge on any atom is 0.326 e. The Morgan fingerprint density at radius 3 is 1.96 bits per heavy atom. The summed E-state index contributed by atoms with van der Waals surface area (Å²) in [7, 11) is 0. The van der Waals surface area contributed by atoms with Crippen LogP contribution in [-0.4, -0.2) is 11.9 Å². The fraction of sp³-hybridized carbons (Fsp3) is 0.176. The Hall–Kier alpha value is -2.76. The molecular formula is C17H16F2N2O2. The van der Waals surface area contributed by atoms with Gasteiger partial charge in [0.05, 0.1) is 5.69 Å². The molecule has 0 saturated heterocycles. The Balaban J connectivity index is 2.46. The molecule has 0 atom stereocenters. The number of imide groups is 1. The van der Waals surface area contributed by atoms with Crippen LogP contribution in [0.2, 0.25) is 0 Å². The van der Waals surface area contributed by atoms with E-state index in [9.17, 15) is 18.4 Å². The number of rotatable bonds is 3. The van der Waals surface area contributed by atoms with Crippen molar-refractivity contribution in [3.63, 3.8) is 0 Å².